The summed E-state index contributed by atoms with van der Waals surface area (Å²) in [6.45, 7) is 10.0. The van der Waals surface area contributed by atoms with Crippen molar-refractivity contribution >= 4 is 89.4 Å². The smallest absolute Gasteiger partial charge is 0.261 e. The van der Waals surface area contributed by atoms with Gasteiger partial charge in [0.05, 0.1) is 0 Å². The van der Waals surface area contributed by atoms with Crippen LogP contribution in [0.1, 0.15) is 326 Å². The Morgan fingerprint density at radius 1 is 0.295 bits per heavy atom. The van der Waals surface area contributed by atoms with Crippen LogP contribution in [0, 0.1) is 11.8 Å². The molecule has 0 bridgehead atoms. The van der Waals surface area contributed by atoms with Gasteiger partial charge < -0.3 is 0 Å². The molecule has 0 aliphatic carbocycles. The van der Waals surface area contributed by atoms with Gasteiger partial charge in [0, 0.05) is 67.0 Å². The van der Waals surface area contributed by atoms with Crippen LogP contribution in [0.3, 0.4) is 0 Å². The van der Waals surface area contributed by atoms with E-state index in [2.05, 4.69) is 87.0 Å². The summed E-state index contributed by atoms with van der Waals surface area (Å²) in [6.07, 6.45) is 50.0. The van der Waals surface area contributed by atoms with Crippen LogP contribution in [-0.2, 0) is 0 Å². The molecule has 5 aromatic carbocycles. The highest BCUT2D eigenvalue weighted by molar-refractivity contribution is 7.14. The van der Waals surface area contributed by atoms with Crippen LogP contribution in [-0.4, -0.2) is 46.5 Å². The Hall–Kier alpha value is -4.92. The molecule has 88 heavy (non-hydrogen) atoms. The Kier molecular flexibility index (Phi) is 27.3. The van der Waals surface area contributed by atoms with Crippen molar-refractivity contribution in [2.45, 2.75) is 285 Å². The SMILES string of the molecule is CCCCCCCCCCCCC(CCCCCCCCCC)CN1C(=O)c2ccc3c4c(-c5cccs5)cc5c6c(ccc(c7c(-c8cccs8)cc(c2c37)C1=O)c64)C(=O)N(CC(CCCCCCCCCC)CCCCCCCCCCCC)C5=O. The summed E-state index contributed by atoms with van der Waals surface area (Å²) in [5.74, 6) is -0.269. The Bertz CT molecular complexity index is 3060. The minimum atomic E-state index is -0.192. The third kappa shape index (κ3) is 17.0. The zero-order chi connectivity index (χ0) is 61.5. The quantitative estimate of drug-likeness (QED) is 0.0165. The van der Waals surface area contributed by atoms with Gasteiger partial charge in [-0.3, -0.25) is 29.0 Å². The maximum Gasteiger partial charge on any atom is 0.261 e. The second-order valence-corrected chi connectivity index (χ2v) is 29.0. The molecule has 4 amide bonds. The number of fused-ring (bicyclic) bond motifs is 2. The molecular formula is C80H110N2O4S2. The molecule has 0 N–H and O–H groups in total. The van der Waals surface area contributed by atoms with Gasteiger partial charge in [-0.25, -0.2) is 0 Å². The third-order valence-corrected chi connectivity index (χ3v) is 22.1. The summed E-state index contributed by atoms with van der Waals surface area (Å²) in [5.41, 5.74) is 4.27. The lowest BCUT2D eigenvalue weighted by atomic mass is 9.78. The van der Waals surface area contributed by atoms with Gasteiger partial charge >= 0.3 is 0 Å². The van der Waals surface area contributed by atoms with E-state index in [-0.39, 0.29) is 35.5 Å². The molecule has 2 aliphatic rings. The zero-order valence-electron chi connectivity index (χ0n) is 55.1. The number of hydrogen-bond acceptors (Lipinski definition) is 6. The molecule has 7 aromatic rings. The molecule has 4 heterocycles. The minimum absolute atomic E-state index is 0.192. The molecule has 2 atom stereocenters. The van der Waals surface area contributed by atoms with Gasteiger partial charge in [0.1, 0.15) is 0 Å². The lowest BCUT2D eigenvalue weighted by Gasteiger charge is -2.33. The van der Waals surface area contributed by atoms with Crippen LogP contribution in [0.2, 0.25) is 0 Å². The molecule has 8 heteroatoms. The van der Waals surface area contributed by atoms with Crippen LogP contribution in [0.5, 0.6) is 0 Å². The van der Waals surface area contributed by atoms with Crippen LogP contribution in [0.15, 0.2) is 71.4 Å². The number of rotatable bonds is 46. The first-order valence-electron chi connectivity index (χ1n) is 36.4. The first-order valence-corrected chi connectivity index (χ1v) is 38.1. The summed E-state index contributed by atoms with van der Waals surface area (Å²) in [6, 6.07) is 20.9. The molecule has 0 saturated heterocycles. The number of carbonyl (C=O) groups excluding carboxylic acids is 4. The molecule has 6 nitrogen and oxygen atoms in total. The first kappa shape index (κ1) is 67.5. The highest BCUT2D eigenvalue weighted by Gasteiger charge is 2.40. The molecule has 2 aromatic heterocycles. The molecule has 9 rings (SSSR count). The highest BCUT2D eigenvalue weighted by Crippen LogP contribution is 2.53. The van der Waals surface area contributed by atoms with Crippen molar-refractivity contribution in [1.82, 2.24) is 9.80 Å². The second-order valence-electron chi connectivity index (χ2n) is 27.1. The van der Waals surface area contributed by atoms with Gasteiger partial charge in [0.2, 0.25) is 0 Å². The predicted molar refractivity (Wildman–Crippen MR) is 379 cm³/mol. The van der Waals surface area contributed by atoms with Crippen molar-refractivity contribution in [3.63, 3.8) is 0 Å². The van der Waals surface area contributed by atoms with E-state index in [1.807, 2.05) is 12.1 Å². The number of unbranched alkanes of at least 4 members (excludes halogenated alkanes) is 32. The number of hydrogen-bond donors (Lipinski definition) is 0. The minimum Gasteiger partial charge on any atom is -0.274 e. The zero-order valence-corrected chi connectivity index (χ0v) is 56.8. The molecule has 0 spiro atoms. The van der Waals surface area contributed by atoms with E-state index >= 15 is 19.2 Å². The summed E-state index contributed by atoms with van der Waals surface area (Å²) >= 11 is 3.32. The standard InChI is InChI=1S/C80H110N2O4S2/c1-5-9-13-17-21-25-27-31-35-39-45-59(43-37-33-29-23-19-15-11-7-3)57-81-77(83)63-51-49-61-72-66(70-48-42-54-88-70)56-68-74-64(52-50-62(76(72)74)71-65(69-47-41-53-87-69)55-67(79(81)85)73(63)75(61)71)78(84)82(80(68)86)58-60(44-38-34-30-24-20-16-12-8-4)46-40-36-32-28-26-22-18-14-10-6-2/h41-42,47-56,59-60H,5-40,43-46,57-58H2,1-4H3. The van der Waals surface area contributed by atoms with E-state index in [1.54, 1.807) is 32.5 Å². The van der Waals surface area contributed by atoms with Crippen molar-refractivity contribution in [3.8, 4) is 20.9 Å². The van der Waals surface area contributed by atoms with E-state index in [9.17, 15) is 0 Å². The summed E-state index contributed by atoms with van der Waals surface area (Å²) in [5, 5.41) is 11.3. The number of nitrogens with zero attached hydrogens (tertiary/aromatic N) is 2. The van der Waals surface area contributed by atoms with Gasteiger partial charge in [-0.1, -0.05) is 283 Å². The summed E-state index contributed by atoms with van der Waals surface area (Å²) < 4.78 is 0. The summed E-state index contributed by atoms with van der Waals surface area (Å²) in [4.78, 5) is 67.2. The number of benzene rings is 5. The van der Waals surface area contributed by atoms with Crippen molar-refractivity contribution in [1.29, 1.82) is 0 Å². The van der Waals surface area contributed by atoms with Crippen molar-refractivity contribution in [2.75, 3.05) is 13.1 Å². The van der Waals surface area contributed by atoms with Crippen LogP contribution < -0.4 is 0 Å². The van der Waals surface area contributed by atoms with E-state index in [4.69, 9.17) is 0 Å². The van der Waals surface area contributed by atoms with E-state index in [0.29, 0.717) is 35.3 Å². The number of amides is 4. The van der Waals surface area contributed by atoms with E-state index in [1.165, 1.54) is 205 Å². The molecule has 0 fully saturated rings. The van der Waals surface area contributed by atoms with E-state index < -0.39 is 0 Å². The largest absolute Gasteiger partial charge is 0.274 e. The monoisotopic (exact) mass is 1230 g/mol. The fourth-order valence-electron chi connectivity index (χ4n) is 15.3. The normalized spacial score (nSPS) is 14.2. The van der Waals surface area contributed by atoms with Gasteiger partial charge in [0.15, 0.2) is 0 Å². The molecule has 2 aliphatic heterocycles. The summed E-state index contributed by atoms with van der Waals surface area (Å²) in [7, 11) is 0. The predicted octanol–water partition coefficient (Wildman–Crippen LogP) is 25.3. The number of imide groups is 2. The maximum atomic E-state index is 15.6. The van der Waals surface area contributed by atoms with Gasteiger partial charge in [-0.05, 0) is 117 Å². The molecule has 2 unspecified atom stereocenters. The average molecular weight is 1230 g/mol. The molecule has 0 saturated carbocycles. The Labute approximate surface area is 539 Å². The average Bonchev–Trinajstić information content (AvgIpc) is 0.761. The fourth-order valence-corrected chi connectivity index (χ4v) is 16.8. The van der Waals surface area contributed by atoms with Crippen LogP contribution >= 0.6 is 22.7 Å². The second kappa shape index (κ2) is 35.6. The number of thiophene rings is 2. The topological polar surface area (TPSA) is 74.8 Å². The van der Waals surface area contributed by atoms with Gasteiger partial charge in [0.25, 0.3) is 23.6 Å². The molecular weight excluding hydrogens is 1120 g/mol. The number of carbonyl (C=O) groups is 4. The Balaban J connectivity index is 1.03. The van der Waals surface area contributed by atoms with Crippen LogP contribution in [0.25, 0.3) is 64.0 Å². The van der Waals surface area contributed by atoms with Crippen molar-refractivity contribution < 1.29 is 19.2 Å². The fraction of sp³-hybridized carbons (Fsp3) is 0.600. The van der Waals surface area contributed by atoms with Crippen molar-refractivity contribution in [2.24, 2.45) is 11.8 Å². The van der Waals surface area contributed by atoms with E-state index in [0.717, 1.165) is 115 Å². The molecule has 476 valence electrons. The molecule has 0 radical (unpaired) electrons. The Morgan fingerprint density at radius 3 is 0.841 bits per heavy atom. The van der Waals surface area contributed by atoms with Gasteiger partial charge in [-0.2, -0.15) is 0 Å². The maximum absolute atomic E-state index is 15.6. The third-order valence-electron chi connectivity index (χ3n) is 20.3. The van der Waals surface area contributed by atoms with Crippen molar-refractivity contribution in [3.05, 3.63) is 93.7 Å². The lowest BCUT2D eigenvalue weighted by molar-refractivity contribution is 0.0563. The van der Waals surface area contributed by atoms with Gasteiger partial charge in [-0.15, -0.1) is 22.7 Å². The highest BCUT2D eigenvalue weighted by atomic mass is 32.1. The Morgan fingerprint density at radius 2 is 0.568 bits per heavy atom. The first-order chi connectivity index (χ1) is 43.3. The lowest BCUT2D eigenvalue weighted by Crippen LogP contribution is -2.43. The van der Waals surface area contributed by atoms with Crippen LogP contribution in [0.4, 0.5) is 0 Å².